The average molecular weight is 240 g/mol. The summed E-state index contributed by atoms with van der Waals surface area (Å²) in [4.78, 5) is -0.0700. The molecule has 6 heteroatoms. The summed E-state index contributed by atoms with van der Waals surface area (Å²) in [6.07, 6.45) is 0. The van der Waals surface area contributed by atoms with E-state index in [4.69, 9.17) is 15.6 Å². The molecule has 1 heterocycles. The lowest BCUT2D eigenvalue weighted by molar-refractivity contribution is 0.520. The molecule has 0 unspecified atom stereocenters. The molecule has 0 fully saturated rings. The fourth-order valence-electron chi connectivity index (χ4n) is 1.34. The summed E-state index contributed by atoms with van der Waals surface area (Å²) < 4.78 is 31.2. The van der Waals surface area contributed by atoms with Gasteiger partial charge in [-0.3, -0.25) is 5.41 Å². The van der Waals surface area contributed by atoms with Crippen LogP contribution in [0.1, 0.15) is 5.56 Å². The molecule has 2 rings (SSSR count). The molecule has 1 aromatic heterocycles. The summed E-state index contributed by atoms with van der Waals surface area (Å²) in [5.74, 6) is -1.55. The summed E-state index contributed by atoms with van der Waals surface area (Å²) in [7, 11) is 0. The second-order valence-corrected chi connectivity index (χ2v) is 3.59. The van der Waals surface area contributed by atoms with Crippen molar-refractivity contribution >= 4 is 28.2 Å². The number of fused-ring (bicyclic) bond motifs is 1. The molecule has 0 saturated heterocycles. The van der Waals surface area contributed by atoms with Crippen LogP contribution in [0.5, 0.6) is 0 Å². The minimum absolute atomic E-state index is 0.0419. The van der Waals surface area contributed by atoms with E-state index in [1.165, 1.54) is 6.07 Å². The van der Waals surface area contributed by atoms with Crippen LogP contribution in [0.2, 0.25) is 0 Å². The number of nitrogens with one attached hydrogen (secondary N) is 1. The predicted molar refractivity (Wildman–Crippen MR) is 57.9 cm³/mol. The maximum absolute atomic E-state index is 13.4. The molecule has 16 heavy (non-hydrogen) atoms. The van der Waals surface area contributed by atoms with Crippen molar-refractivity contribution in [3.8, 4) is 0 Å². The number of hydrogen-bond acceptors (Lipinski definition) is 3. The first-order valence-corrected chi connectivity index (χ1v) is 4.67. The first kappa shape index (κ1) is 10.7. The van der Waals surface area contributed by atoms with Crippen LogP contribution in [0.25, 0.3) is 11.0 Å². The number of rotatable bonds is 1. The second kappa shape index (κ2) is 3.64. The Balaban J connectivity index is 2.90. The van der Waals surface area contributed by atoms with E-state index in [0.717, 1.165) is 12.1 Å². The molecule has 0 aliphatic carbocycles. The molecule has 0 atom stereocenters. The summed E-state index contributed by atoms with van der Waals surface area (Å²) >= 11 is 4.68. The van der Waals surface area contributed by atoms with Crippen LogP contribution in [-0.2, 0) is 0 Å². The molecule has 0 bridgehead atoms. The van der Waals surface area contributed by atoms with Crippen LogP contribution in [0.15, 0.2) is 22.6 Å². The van der Waals surface area contributed by atoms with Crippen LogP contribution >= 0.6 is 12.2 Å². The SMILES string of the molecule is N=c1oc2cc(F)cc(F)c2cc1C(N)=S. The molecule has 0 amide bonds. The highest BCUT2D eigenvalue weighted by atomic mass is 32.1. The Labute approximate surface area is 94.0 Å². The molecule has 1 aromatic carbocycles. The average Bonchev–Trinajstić information content (AvgIpc) is 2.15. The van der Waals surface area contributed by atoms with Gasteiger partial charge >= 0.3 is 0 Å². The van der Waals surface area contributed by atoms with Crippen molar-refractivity contribution in [2.24, 2.45) is 5.73 Å². The summed E-state index contributed by atoms with van der Waals surface area (Å²) in [5, 5.41) is 7.49. The molecule has 0 spiro atoms. The minimum Gasteiger partial charge on any atom is -0.438 e. The van der Waals surface area contributed by atoms with Gasteiger partial charge in [-0.15, -0.1) is 0 Å². The van der Waals surface area contributed by atoms with E-state index in [-0.39, 0.29) is 27.1 Å². The van der Waals surface area contributed by atoms with E-state index in [2.05, 4.69) is 12.2 Å². The second-order valence-electron chi connectivity index (χ2n) is 3.15. The van der Waals surface area contributed by atoms with Gasteiger partial charge in [0.05, 0.1) is 10.9 Å². The van der Waals surface area contributed by atoms with E-state index < -0.39 is 11.6 Å². The molecule has 3 nitrogen and oxygen atoms in total. The minimum atomic E-state index is -0.781. The smallest absolute Gasteiger partial charge is 0.222 e. The van der Waals surface area contributed by atoms with Gasteiger partial charge in [0.2, 0.25) is 5.55 Å². The normalized spacial score (nSPS) is 10.6. The van der Waals surface area contributed by atoms with Crippen LogP contribution in [-0.4, -0.2) is 4.99 Å². The third-order valence-corrected chi connectivity index (χ3v) is 2.29. The molecule has 0 aliphatic heterocycles. The molecule has 2 aromatic rings. The van der Waals surface area contributed by atoms with Crippen LogP contribution in [0.4, 0.5) is 8.78 Å². The molecule has 82 valence electrons. The monoisotopic (exact) mass is 240 g/mol. The number of benzene rings is 1. The van der Waals surface area contributed by atoms with Gasteiger partial charge in [-0.25, -0.2) is 8.78 Å². The molecule has 0 radical (unpaired) electrons. The van der Waals surface area contributed by atoms with Crippen molar-refractivity contribution in [1.82, 2.24) is 0 Å². The standard InChI is InChI=1S/C10H6F2N2OS/c11-4-1-7(12)5-3-6(10(14)16)9(13)15-8(5)2-4/h1-3,13H,(H2,14,16). The highest BCUT2D eigenvalue weighted by molar-refractivity contribution is 7.80. The van der Waals surface area contributed by atoms with Crippen molar-refractivity contribution in [3.05, 3.63) is 41.0 Å². The van der Waals surface area contributed by atoms with Gasteiger partial charge in [-0.2, -0.15) is 0 Å². The van der Waals surface area contributed by atoms with Crippen molar-refractivity contribution in [3.63, 3.8) is 0 Å². The van der Waals surface area contributed by atoms with E-state index in [9.17, 15) is 8.78 Å². The van der Waals surface area contributed by atoms with E-state index in [1.54, 1.807) is 0 Å². The quantitative estimate of drug-likeness (QED) is 0.747. The highest BCUT2D eigenvalue weighted by Gasteiger charge is 2.10. The molecule has 0 saturated carbocycles. The number of thiocarbonyl (C=S) groups is 1. The van der Waals surface area contributed by atoms with Crippen molar-refractivity contribution < 1.29 is 13.2 Å². The van der Waals surface area contributed by atoms with Gasteiger partial charge < -0.3 is 10.2 Å². The number of hydrogen-bond donors (Lipinski definition) is 2. The fourth-order valence-corrected chi connectivity index (χ4v) is 1.50. The van der Waals surface area contributed by atoms with Crippen molar-refractivity contribution in [1.29, 1.82) is 5.41 Å². The van der Waals surface area contributed by atoms with E-state index >= 15 is 0 Å². The lowest BCUT2D eigenvalue weighted by Gasteiger charge is -2.02. The topological polar surface area (TPSA) is 63.0 Å². The molecule has 3 N–H and O–H groups in total. The molecule has 0 aliphatic rings. The zero-order chi connectivity index (χ0) is 11.9. The van der Waals surface area contributed by atoms with Gasteiger partial charge in [0.15, 0.2) is 0 Å². The van der Waals surface area contributed by atoms with Crippen molar-refractivity contribution in [2.45, 2.75) is 0 Å². The Bertz CT molecular complexity index is 651. The molecular formula is C10H6F2N2OS. The van der Waals surface area contributed by atoms with Crippen LogP contribution in [0, 0.1) is 17.0 Å². The summed E-state index contributed by atoms with van der Waals surface area (Å²) in [6.45, 7) is 0. The third kappa shape index (κ3) is 1.67. The van der Waals surface area contributed by atoms with Gasteiger partial charge in [0.1, 0.15) is 22.2 Å². The lowest BCUT2D eigenvalue weighted by atomic mass is 10.1. The Morgan fingerprint density at radius 3 is 2.62 bits per heavy atom. The fraction of sp³-hybridized carbons (Fsp3) is 0. The summed E-state index contributed by atoms with van der Waals surface area (Å²) in [6, 6.07) is 3.00. The van der Waals surface area contributed by atoms with Crippen LogP contribution in [0.3, 0.4) is 0 Å². The third-order valence-electron chi connectivity index (χ3n) is 2.07. The van der Waals surface area contributed by atoms with Gasteiger partial charge in [-0.1, -0.05) is 12.2 Å². The predicted octanol–water partition coefficient (Wildman–Crippen LogP) is 1.82. The van der Waals surface area contributed by atoms with Crippen LogP contribution < -0.4 is 11.3 Å². The van der Waals surface area contributed by atoms with E-state index in [0.29, 0.717) is 0 Å². The Hall–Kier alpha value is -1.82. The number of halogens is 2. The summed E-state index contributed by atoms with van der Waals surface area (Å²) in [5.41, 5.74) is 5.09. The molecular weight excluding hydrogens is 234 g/mol. The van der Waals surface area contributed by atoms with Gasteiger partial charge in [-0.05, 0) is 6.07 Å². The Morgan fingerprint density at radius 2 is 2.00 bits per heavy atom. The lowest BCUT2D eigenvalue weighted by Crippen LogP contribution is -2.19. The maximum atomic E-state index is 13.4. The maximum Gasteiger partial charge on any atom is 0.222 e. The zero-order valence-electron chi connectivity index (χ0n) is 7.88. The first-order valence-electron chi connectivity index (χ1n) is 4.26. The van der Waals surface area contributed by atoms with Crippen molar-refractivity contribution in [2.75, 3.05) is 0 Å². The highest BCUT2D eigenvalue weighted by Crippen LogP contribution is 2.18. The van der Waals surface area contributed by atoms with Gasteiger partial charge in [0, 0.05) is 12.1 Å². The van der Waals surface area contributed by atoms with Gasteiger partial charge in [0.25, 0.3) is 0 Å². The largest absolute Gasteiger partial charge is 0.438 e. The number of nitrogens with two attached hydrogens (primary N) is 1. The first-order chi connectivity index (χ1) is 7.49. The van der Waals surface area contributed by atoms with E-state index in [1.807, 2.05) is 0 Å². The Morgan fingerprint density at radius 1 is 1.31 bits per heavy atom. The zero-order valence-corrected chi connectivity index (χ0v) is 8.70. The Kier molecular flexibility index (Phi) is 2.43.